The SMILES string of the molecule is O=C(c1ccc(OC2CCN(Cc3ccccc3)C2)cc1)c1c(-c2ccc(O)cc2)sc2cc(O)ccc12. The quantitative estimate of drug-likeness (QED) is 0.229. The van der Waals surface area contributed by atoms with Crippen molar-refractivity contribution in [1.29, 1.82) is 0 Å². The van der Waals surface area contributed by atoms with Crippen LogP contribution in [-0.4, -0.2) is 40.1 Å². The van der Waals surface area contributed by atoms with Gasteiger partial charge in [-0.1, -0.05) is 30.3 Å². The van der Waals surface area contributed by atoms with Gasteiger partial charge in [-0.2, -0.15) is 0 Å². The average Bonchev–Trinajstić information content (AvgIpc) is 3.53. The molecular formula is C32H27NO4S. The van der Waals surface area contributed by atoms with E-state index in [1.165, 1.54) is 16.9 Å². The van der Waals surface area contributed by atoms with Crippen LogP contribution in [0.3, 0.4) is 0 Å². The Morgan fingerprint density at radius 1 is 0.895 bits per heavy atom. The van der Waals surface area contributed by atoms with Crippen LogP contribution < -0.4 is 4.74 Å². The molecule has 2 heterocycles. The Kier molecular flexibility index (Phi) is 6.58. The maximum atomic E-state index is 13.8. The van der Waals surface area contributed by atoms with Crippen LogP contribution in [-0.2, 0) is 6.54 Å². The molecule has 2 N–H and O–H groups in total. The zero-order valence-electron chi connectivity index (χ0n) is 20.7. The third-order valence-corrected chi connectivity index (χ3v) is 8.13. The second-order valence-corrected chi connectivity index (χ2v) is 10.7. The minimum Gasteiger partial charge on any atom is -0.508 e. The van der Waals surface area contributed by atoms with Gasteiger partial charge in [-0.05, 0) is 84.3 Å². The largest absolute Gasteiger partial charge is 0.508 e. The molecule has 1 saturated heterocycles. The standard InChI is InChI=1S/C32H27NO4S/c34-24-10-6-23(7-11-24)32-30(28-15-12-25(35)18-29(28)38-32)31(36)22-8-13-26(14-9-22)37-27-16-17-33(20-27)19-21-4-2-1-3-5-21/h1-15,18,27,34-35H,16-17,19-20H2. The number of carbonyl (C=O) groups excluding carboxylic acids is 1. The first-order valence-electron chi connectivity index (χ1n) is 12.7. The van der Waals surface area contributed by atoms with Crippen LogP contribution >= 0.6 is 11.3 Å². The van der Waals surface area contributed by atoms with Crippen molar-refractivity contribution in [3.05, 3.63) is 114 Å². The molecule has 6 rings (SSSR count). The molecule has 1 unspecified atom stereocenters. The highest BCUT2D eigenvalue weighted by molar-refractivity contribution is 7.22. The number of aromatic hydroxyl groups is 2. The van der Waals surface area contributed by atoms with E-state index < -0.39 is 0 Å². The average molecular weight is 522 g/mol. The van der Waals surface area contributed by atoms with Gasteiger partial charge in [-0.15, -0.1) is 11.3 Å². The molecule has 4 aromatic carbocycles. The number of phenols is 2. The Morgan fingerprint density at radius 2 is 1.63 bits per heavy atom. The number of benzene rings is 4. The number of ketones is 1. The number of carbonyl (C=O) groups is 1. The van der Waals surface area contributed by atoms with E-state index in [0.717, 1.165) is 52.3 Å². The van der Waals surface area contributed by atoms with Crippen molar-refractivity contribution in [3.8, 4) is 27.7 Å². The highest BCUT2D eigenvalue weighted by atomic mass is 32.1. The Bertz CT molecular complexity index is 1580. The summed E-state index contributed by atoms with van der Waals surface area (Å²) in [6, 6.07) is 29.7. The van der Waals surface area contributed by atoms with Crippen LogP contribution in [0.4, 0.5) is 0 Å². The van der Waals surface area contributed by atoms with Crippen molar-refractivity contribution >= 4 is 27.2 Å². The molecule has 1 atom stereocenters. The minimum atomic E-state index is -0.0912. The van der Waals surface area contributed by atoms with E-state index in [2.05, 4.69) is 29.2 Å². The summed E-state index contributed by atoms with van der Waals surface area (Å²) in [5.41, 5.74) is 3.31. The van der Waals surface area contributed by atoms with Crippen molar-refractivity contribution in [2.24, 2.45) is 0 Å². The number of ether oxygens (including phenoxy) is 1. The fourth-order valence-electron chi connectivity index (χ4n) is 5.03. The summed E-state index contributed by atoms with van der Waals surface area (Å²) in [5, 5.41) is 20.5. The van der Waals surface area contributed by atoms with Crippen molar-refractivity contribution < 1.29 is 19.7 Å². The van der Waals surface area contributed by atoms with Crippen molar-refractivity contribution in [1.82, 2.24) is 4.90 Å². The molecule has 0 aliphatic carbocycles. The summed E-state index contributed by atoms with van der Waals surface area (Å²) >= 11 is 1.45. The molecule has 38 heavy (non-hydrogen) atoms. The Balaban J connectivity index is 1.21. The monoisotopic (exact) mass is 521 g/mol. The van der Waals surface area contributed by atoms with Crippen LogP contribution in [0.1, 0.15) is 27.9 Å². The number of fused-ring (bicyclic) bond motifs is 1. The van der Waals surface area contributed by atoms with Crippen LogP contribution in [0.5, 0.6) is 17.2 Å². The summed E-state index contributed by atoms with van der Waals surface area (Å²) in [4.78, 5) is 17.0. The molecule has 0 spiro atoms. The predicted octanol–water partition coefficient (Wildman–Crippen LogP) is 6.86. The predicted molar refractivity (Wildman–Crippen MR) is 151 cm³/mol. The van der Waals surface area contributed by atoms with Gasteiger partial charge in [0.2, 0.25) is 0 Å². The molecule has 1 fully saturated rings. The number of hydrogen-bond acceptors (Lipinski definition) is 6. The highest BCUT2D eigenvalue weighted by Crippen LogP contribution is 2.41. The van der Waals surface area contributed by atoms with E-state index in [9.17, 15) is 15.0 Å². The summed E-state index contributed by atoms with van der Waals surface area (Å²) < 4.78 is 7.09. The lowest BCUT2D eigenvalue weighted by atomic mass is 9.97. The summed E-state index contributed by atoms with van der Waals surface area (Å²) in [5.74, 6) is 0.991. The van der Waals surface area contributed by atoms with Crippen LogP contribution in [0.25, 0.3) is 20.5 Å². The third-order valence-electron chi connectivity index (χ3n) is 6.93. The van der Waals surface area contributed by atoms with E-state index in [4.69, 9.17) is 4.74 Å². The Hall–Kier alpha value is -4.13. The third kappa shape index (κ3) is 5.01. The van der Waals surface area contributed by atoms with E-state index in [1.54, 1.807) is 42.5 Å². The van der Waals surface area contributed by atoms with Gasteiger partial charge in [0.25, 0.3) is 0 Å². The molecule has 5 aromatic rings. The lowest BCUT2D eigenvalue weighted by Crippen LogP contribution is -2.24. The molecule has 6 heteroatoms. The van der Waals surface area contributed by atoms with E-state index in [1.807, 2.05) is 30.3 Å². The molecule has 0 bridgehead atoms. The molecule has 190 valence electrons. The number of thiophene rings is 1. The second kappa shape index (κ2) is 10.3. The first kappa shape index (κ1) is 24.2. The van der Waals surface area contributed by atoms with Gasteiger partial charge >= 0.3 is 0 Å². The zero-order chi connectivity index (χ0) is 26.1. The molecule has 0 saturated carbocycles. The zero-order valence-corrected chi connectivity index (χ0v) is 21.5. The fraction of sp³-hybridized carbons (Fsp3) is 0.156. The van der Waals surface area contributed by atoms with Crippen molar-refractivity contribution in [2.75, 3.05) is 13.1 Å². The Morgan fingerprint density at radius 3 is 2.39 bits per heavy atom. The van der Waals surface area contributed by atoms with Gasteiger partial charge in [0.15, 0.2) is 5.78 Å². The van der Waals surface area contributed by atoms with Crippen LogP contribution in [0.2, 0.25) is 0 Å². The first-order valence-corrected chi connectivity index (χ1v) is 13.5. The Labute approximate surface area is 225 Å². The first-order chi connectivity index (χ1) is 18.5. The maximum Gasteiger partial charge on any atom is 0.195 e. The fourth-order valence-corrected chi connectivity index (χ4v) is 6.27. The van der Waals surface area contributed by atoms with Gasteiger partial charge in [-0.25, -0.2) is 0 Å². The molecule has 0 radical (unpaired) electrons. The number of nitrogens with zero attached hydrogens (tertiary/aromatic N) is 1. The number of phenolic OH excluding ortho intramolecular Hbond substituents is 2. The van der Waals surface area contributed by atoms with Gasteiger partial charge < -0.3 is 14.9 Å². The molecule has 1 aliphatic rings. The maximum absolute atomic E-state index is 13.8. The van der Waals surface area contributed by atoms with Gasteiger partial charge in [0, 0.05) is 45.7 Å². The number of hydrogen-bond donors (Lipinski definition) is 2. The van der Waals surface area contributed by atoms with E-state index >= 15 is 0 Å². The molecule has 0 amide bonds. The summed E-state index contributed by atoms with van der Waals surface area (Å²) in [6.07, 6.45) is 1.09. The molecule has 1 aromatic heterocycles. The summed E-state index contributed by atoms with van der Waals surface area (Å²) in [7, 11) is 0. The lowest BCUT2D eigenvalue weighted by molar-refractivity contribution is 0.104. The van der Waals surface area contributed by atoms with E-state index in [0.29, 0.717) is 11.1 Å². The van der Waals surface area contributed by atoms with Crippen LogP contribution in [0.15, 0.2) is 97.1 Å². The topological polar surface area (TPSA) is 70.0 Å². The minimum absolute atomic E-state index is 0.0912. The van der Waals surface area contributed by atoms with Gasteiger partial charge in [-0.3, -0.25) is 9.69 Å². The van der Waals surface area contributed by atoms with Crippen molar-refractivity contribution in [3.63, 3.8) is 0 Å². The molecule has 1 aliphatic heterocycles. The molecule has 5 nitrogen and oxygen atoms in total. The van der Waals surface area contributed by atoms with Gasteiger partial charge in [0.1, 0.15) is 23.4 Å². The smallest absolute Gasteiger partial charge is 0.195 e. The second-order valence-electron chi connectivity index (χ2n) is 9.64. The van der Waals surface area contributed by atoms with E-state index in [-0.39, 0.29) is 23.4 Å². The normalized spacial score (nSPS) is 15.6. The van der Waals surface area contributed by atoms with Crippen LogP contribution in [0, 0.1) is 0 Å². The lowest BCUT2D eigenvalue weighted by Gasteiger charge is -2.17. The highest BCUT2D eigenvalue weighted by Gasteiger charge is 2.25. The molecular weight excluding hydrogens is 494 g/mol. The van der Waals surface area contributed by atoms with Crippen molar-refractivity contribution in [2.45, 2.75) is 19.1 Å². The summed E-state index contributed by atoms with van der Waals surface area (Å²) in [6.45, 7) is 2.79. The van der Waals surface area contributed by atoms with Gasteiger partial charge in [0.05, 0.1) is 0 Å². The number of likely N-dealkylation sites (tertiary alicyclic amines) is 1. The number of rotatable bonds is 7.